The molecule has 3 heteroatoms. The summed E-state index contributed by atoms with van der Waals surface area (Å²) in [5, 5.41) is 5.37. The van der Waals surface area contributed by atoms with Crippen LogP contribution in [0.25, 0.3) is 22.5 Å². The number of hydrogen-bond donors (Lipinski definition) is 0. The summed E-state index contributed by atoms with van der Waals surface area (Å²) in [5.41, 5.74) is 9.02. The monoisotopic (exact) mass is 324 g/mol. The normalized spacial score (nSPS) is 11.0. The molecule has 3 rings (SSSR count). The minimum absolute atomic E-state index is 0.707. The van der Waals surface area contributed by atoms with E-state index >= 15 is 0 Å². The lowest BCUT2D eigenvalue weighted by molar-refractivity contribution is 0.779. The van der Waals surface area contributed by atoms with Crippen LogP contribution in [0.4, 0.5) is 0 Å². The van der Waals surface area contributed by atoms with Crippen molar-refractivity contribution in [2.45, 2.75) is 27.7 Å². The molecule has 0 radical (unpaired) electrons. The molecule has 0 N–H and O–H groups in total. The standard InChI is InChI=1S/C20H21ClN2/c1-12-6-8-16(10-14(12)3)19-18(21)20(23(5)22-19)17-9-7-13(2)15(4)11-17/h6-11H,1-5H3. The average molecular weight is 325 g/mol. The Morgan fingerprint density at radius 3 is 1.87 bits per heavy atom. The average Bonchev–Trinajstić information content (AvgIpc) is 2.80. The van der Waals surface area contributed by atoms with Crippen LogP contribution < -0.4 is 0 Å². The molecule has 0 aliphatic rings. The minimum Gasteiger partial charge on any atom is -0.266 e. The molecule has 0 amide bonds. The molecular weight excluding hydrogens is 304 g/mol. The van der Waals surface area contributed by atoms with E-state index in [1.54, 1.807) is 0 Å². The van der Waals surface area contributed by atoms with Crippen molar-refractivity contribution in [2.75, 3.05) is 0 Å². The molecule has 2 aromatic carbocycles. The van der Waals surface area contributed by atoms with E-state index in [1.807, 2.05) is 11.7 Å². The maximum atomic E-state index is 6.70. The molecule has 0 saturated heterocycles. The molecular formula is C20H21ClN2. The molecule has 0 aliphatic carbocycles. The van der Waals surface area contributed by atoms with Gasteiger partial charge in [-0.25, -0.2) is 0 Å². The van der Waals surface area contributed by atoms with E-state index in [9.17, 15) is 0 Å². The van der Waals surface area contributed by atoms with Gasteiger partial charge in [-0.1, -0.05) is 35.9 Å². The van der Waals surface area contributed by atoms with Crippen LogP contribution in [0.2, 0.25) is 5.02 Å². The van der Waals surface area contributed by atoms with Crippen LogP contribution in [0, 0.1) is 27.7 Å². The summed E-state index contributed by atoms with van der Waals surface area (Å²) in [6.45, 7) is 8.46. The van der Waals surface area contributed by atoms with E-state index in [1.165, 1.54) is 22.3 Å². The lowest BCUT2D eigenvalue weighted by Crippen LogP contribution is -1.95. The Balaban J connectivity index is 2.15. The third-order valence-electron chi connectivity index (χ3n) is 4.55. The molecule has 0 spiro atoms. The predicted octanol–water partition coefficient (Wildman–Crippen LogP) is 5.64. The van der Waals surface area contributed by atoms with Crippen LogP contribution in [-0.4, -0.2) is 9.78 Å². The molecule has 0 saturated carbocycles. The number of aromatic nitrogens is 2. The highest BCUT2D eigenvalue weighted by Crippen LogP contribution is 2.36. The first-order chi connectivity index (χ1) is 10.9. The van der Waals surface area contributed by atoms with Gasteiger partial charge in [0.15, 0.2) is 0 Å². The second-order valence-corrected chi connectivity index (χ2v) is 6.61. The van der Waals surface area contributed by atoms with Gasteiger partial charge in [0, 0.05) is 18.2 Å². The second-order valence-electron chi connectivity index (χ2n) is 6.23. The summed E-state index contributed by atoms with van der Waals surface area (Å²) in [4.78, 5) is 0. The molecule has 1 aromatic heterocycles. The quantitative estimate of drug-likeness (QED) is 0.596. The Morgan fingerprint density at radius 1 is 0.783 bits per heavy atom. The minimum atomic E-state index is 0.707. The first kappa shape index (κ1) is 15.8. The Morgan fingerprint density at radius 2 is 1.30 bits per heavy atom. The summed E-state index contributed by atoms with van der Waals surface area (Å²) in [5.74, 6) is 0. The highest BCUT2D eigenvalue weighted by atomic mass is 35.5. The maximum absolute atomic E-state index is 6.70. The maximum Gasteiger partial charge on any atom is 0.112 e. The van der Waals surface area contributed by atoms with E-state index < -0.39 is 0 Å². The SMILES string of the molecule is Cc1ccc(-c2nn(C)c(-c3ccc(C)c(C)c3)c2Cl)cc1C. The number of hydrogen-bond acceptors (Lipinski definition) is 1. The smallest absolute Gasteiger partial charge is 0.112 e. The molecule has 23 heavy (non-hydrogen) atoms. The van der Waals surface area contributed by atoms with Gasteiger partial charge in [0.25, 0.3) is 0 Å². The number of rotatable bonds is 2. The lowest BCUT2D eigenvalue weighted by atomic mass is 10.0. The zero-order valence-corrected chi connectivity index (χ0v) is 15.0. The van der Waals surface area contributed by atoms with Gasteiger partial charge in [-0.3, -0.25) is 4.68 Å². The van der Waals surface area contributed by atoms with Crippen LogP contribution in [0.15, 0.2) is 36.4 Å². The number of halogens is 1. The number of benzene rings is 2. The Labute approximate surface area is 142 Å². The zero-order chi connectivity index (χ0) is 16.7. The molecule has 0 aliphatic heterocycles. The van der Waals surface area contributed by atoms with Gasteiger partial charge in [-0.05, 0) is 62.1 Å². The highest BCUT2D eigenvalue weighted by Gasteiger charge is 2.18. The van der Waals surface area contributed by atoms with E-state index in [-0.39, 0.29) is 0 Å². The largest absolute Gasteiger partial charge is 0.266 e. The van der Waals surface area contributed by atoms with Crippen molar-refractivity contribution < 1.29 is 0 Å². The lowest BCUT2D eigenvalue weighted by Gasteiger charge is -2.06. The summed E-state index contributed by atoms with van der Waals surface area (Å²) in [6.07, 6.45) is 0. The van der Waals surface area contributed by atoms with Gasteiger partial charge in [0.05, 0.1) is 10.7 Å². The number of nitrogens with zero attached hydrogens (tertiary/aromatic N) is 2. The van der Waals surface area contributed by atoms with Gasteiger partial charge >= 0.3 is 0 Å². The van der Waals surface area contributed by atoms with Crippen LogP contribution in [0.5, 0.6) is 0 Å². The summed E-state index contributed by atoms with van der Waals surface area (Å²) in [7, 11) is 1.95. The highest BCUT2D eigenvalue weighted by molar-refractivity contribution is 6.35. The fraction of sp³-hybridized carbons (Fsp3) is 0.250. The molecule has 118 valence electrons. The van der Waals surface area contributed by atoms with Crippen molar-refractivity contribution in [3.63, 3.8) is 0 Å². The van der Waals surface area contributed by atoms with Crippen molar-refractivity contribution in [1.29, 1.82) is 0 Å². The molecule has 0 unspecified atom stereocenters. The number of aryl methyl sites for hydroxylation is 5. The van der Waals surface area contributed by atoms with E-state index in [0.29, 0.717) is 5.02 Å². The first-order valence-electron chi connectivity index (χ1n) is 7.76. The van der Waals surface area contributed by atoms with E-state index in [0.717, 1.165) is 22.5 Å². The third-order valence-corrected chi connectivity index (χ3v) is 4.91. The van der Waals surface area contributed by atoms with Crippen molar-refractivity contribution >= 4 is 11.6 Å². The van der Waals surface area contributed by atoms with Crippen LogP contribution >= 0.6 is 11.6 Å². The fourth-order valence-corrected chi connectivity index (χ4v) is 3.15. The fourth-order valence-electron chi connectivity index (χ4n) is 2.77. The van der Waals surface area contributed by atoms with Gasteiger partial charge < -0.3 is 0 Å². The predicted molar refractivity (Wildman–Crippen MR) is 98.0 cm³/mol. The van der Waals surface area contributed by atoms with Crippen molar-refractivity contribution in [3.8, 4) is 22.5 Å². The van der Waals surface area contributed by atoms with Crippen molar-refractivity contribution in [2.24, 2.45) is 7.05 Å². The van der Waals surface area contributed by atoms with Crippen molar-refractivity contribution in [1.82, 2.24) is 9.78 Å². The third kappa shape index (κ3) is 2.79. The van der Waals surface area contributed by atoms with Gasteiger partial charge in [-0.2, -0.15) is 5.10 Å². The topological polar surface area (TPSA) is 17.8 Å². The van der Waals surface area contributed by atoms with Gasteiger partial charge in [-0.15, -0.1) is 0 Å². The molecule has 2 nitrogen and oxygen atoms in total. The second kappa shape index (κ2) is 5.86. The summed E-state index contributed by atoms with van der Waals surface area (Å²) >= 11 is 6.70. The Bertz CT molecular complexity index is 891. The van der Waals surface area contributed by atoms with Crippen molar-refractivity contribution in [3.05, 3.63) is 63.7 Å². The van der Waals surface area contributed by atoms with Gasteiger partial charge in [0.1, 0.15) is 5.69 Å². The summed E-state index contributed by atoms with van der Waals surface area (Å²) < 4.78 is 1.87. The first-order valence-corrected chi connectivity index (χ1v) is 8.14. The molecule has 1 heterocycles. The van der Waals surface area contributed by atoms with Gasteiger partial charge in [0.2, 0.25) is 0 Å². The molecule has 0 atom stereocenters. The van der Waals surface area contributed by atoms with Crippen LogP contribution in [0.3, 0.4) is 0 Å². The Kier molecular flexibility index (Phi) is 4.03. The zero-order valence-electron chi connectivity index (χ0n) is 14.2. The summed E-state index contributed by atoms with van der Waals surface area (Å²) in [6, 6.07) is 12.8. The molecule has 0 bridgehead atoms. The Hall–Kier alpha value is -2.06. The van der Waals surface area contributed by atoms with E-state index in [2.05, 4.69) is 69.2 Å². The molecule has 0 fully saturated rings. The van der Waals surface area contributed by atoms with Crippen LogP contribution in [0.1, 0.15) is 22.3 Å². The van der Waals surface area contributed by atoms with Crippen LogP contribution in [-0.2, 0) is 7.05 Å². The molecule has 3 aromatic rings. The van der Waals surface area contributed by atoms with E-state index in [4.69, 9.17) is 11.6 Å².